The van der Waals surface area contributed by atoms with Crippen molar-refractivity contribution in [3.05, 3.63) is 0 Å². The van der Waals surface area contributed by atoms with Gasteiger partial charge in [-0.3, -0.25) is 9.05 Å². The molecule has 5 nitrogen and oxygen atoms in total. The van der Waals surface area contributed by atoms with Crippen molar-refractivity contribution in [1.29, 1.82) is 0 Å². The molecule has 0 spiro atoms. The molecule has 0 fully saturated rings. The predicted octanol–water partition coefficient (Wildman–Crippen LogP) is 10.1. The molecule has 0 aliphatic rings. The molecule has 0 radical (unpaired) electrons. The number of phosphoric acid groups is 1. The van der Waals surface area contributed by atoms with Crippen LogP contribution in [-0.2, 0) is 13.6 Å². The van der Waals surface area contributed by atoms with Gasteiger partial charge in [-0.2, -0.15) is 0 Å². The molecule has 0 heterocycles. The number of hydrogen-bond donors (Lipinski definition) is 1. The Morgan fingerprint density at radius 3 is 1.08 bits per heavy atom. The largest absolute Gasteiger partial charge is 0.472 e. The van der Waals surface area contributed by atoms with Crippen molar-refractivity contribution in [1.82, 2.24) is 4.90 Å². The van der Waals surface area contributed by atoms with Crippen LogP contribution in [0.5, 0.6) is 0 Å². The molecule has 0 aliphatic carbocycles. The summed E-state index contributed by atoms with van der Waals surface area (Å²) in [6.45, 7) is 11.1. The van der Waals surface area contributed by atoms with Gasteiger partial charge in [-0.1, -0.05) is 130 Å². The van der Waals surface area contributed by atoms with Crippen molar-refractivity contribution in [3.63, 3.8) is 0 Å². The first-order valence-electron chi connectivity index (χ1n) is 15.9. The second kappa shape index (κ2) is 28.1. The van der Waals surface area contributed by atoms with Crippen LogP contribution < -0.4 is 0 Å². The van der Waals surface area contributed by atoms with Crippen molar-refractivity contribution < 1.29 is 18.5 Å². The van der Waals surface area contributed by atoms with Crippen LogP contribution in [0.2, 0.25) is 0 Å². The molecule has 1 N–H and O–H groups in total. The lowest BCUT2D eigenvalue weighted by atomic mass is 10.1. The number of rotatable bonds is 30. The van der Waals surface area contributed by atoms with E-state index in [1.807, 2.05) is 0 Å². The van der Waals surface area contributed by atoms with Crippen LogP contribution in [0.15, 0.2) is 0 Å². The maximum absolute atomic E-state index is 11.9. The van der Waals surface area contributed by atoms with Crippen molar-refractivity contribution >= 4 is 7.82 Å². The average molecular weight is 534 g/mol. The van der Waals surface area contributed by atoms with E-state index < -0.39 is 7.82 Å². The summed E-state index contributed by atoms with van der Waals surface area (Å²) in [5.74, 6) is 0. The zero-order valence-corrected chi connectivity index (χ0v) is 25.6. The summed E-state index contributed by atoms with van der Waals surface area (Å²) in [6, 6.07) is 0. The SMILES string of the molecule is CCCCCCCCN(CCCCCCCC)CCCCCCCOP(=O)(O)OCCCCCCC. The maximum Gasteiger partial charge on any atom is 0.472 e. The Morgan fingerprint density at radius 2 is 0.750 bits per heavy atom. The van der Waals surface area contributed by atoms with Gasteiger partial charge in [-0.25, -0.2) is 4.57 Å². The molecule has 1 atom stereocenters. The topological polar surface area (TPSA) is 59.0 Å². The van der Waals surface area contributed by atoms with Crippen LogP contribution in [0.25, 0.3) is 0 Å². The van der Waals surface area contributed by atoms with Crippen LogP contribution in [0.3, 0.4) is 0 Å². The third-order valence-electron chi connectivity index (χ3n) is 7.03. The van der Waals surface area contributed by atoms with E-state index in [-0.39, 0.29) is 0 Å². The first kappa shape index (κ1) is 36.1. The summed E-state index contributed by atoms with van der Waals surface area (Å²) >= 11 is 0. The third kappa shape index (κ3) is 27.1. The Bertz CT molecular complexity index is 462. The van der Waals surface area contributed by atoms with Gasteiger partial charge in [0, 0.05) is 0 Å². The molecule has 0 aliphatic heterocycles. The molecule has 0 rings (SSSR count). The van der Waals surface area contributed by atoms with E-state index in [9.17, 15) is 9.46 Å². The summed E-state index contributed by atoms with van der Waals surface area (Å²) in [5.41, 5.74) is 0. The van der Waals surface area contributed by atoms with E-state index in [0.717, 1.165) is 32.1 Å². The zero-order chi connectivity index (χ0) is 26.6. The highest BCUT2D eigenvalue weighted by Crippen LogP contribution is 2.43. The molecule has 0 aromatic rings. The Balaban J connectivity index is 3.87. The molecule has 1 unspecified atom stereocenters. The van der Waals surface area contributed by atoms with Gasteiger partial charge >= 0.3 is 7.82 Å². The van der Waals surface area contributed by atoms with Crippen molar-refractivity contribution in [2.75, 3.05) is 32.8 Å². The van der Waals surface area contributed by atoms with Gasteiger partial charge in [0.25, 0.3) is 0 Å². The lowest BCUT2D eigenvalue weighted by Gasteiger charge is -2.22. The second-order valence-corrected chi connectivity index (χ2v) is 12.1. The number of phosphoric ester groups is 1. The lowest BCUT2D eigenvalue weighted by molar-refractivity contribution is 0.145. The standard InChI is InChI=1S/C30H64NO4P/c1-4-7-10-13-16-21-26-31(27-22-17-14-11-8-5-2)28-23-18-15-20-25-30-35-36(32,33)34-29-24-19-12-9-6-3/h4-30H2,1-3H3,(H,32,33). The summed E-state index contributed by atoms with van der Waals surface area (Å²) in [5, 5.41) is 0. The Labute approximate surface area is 226 Å². The van der Waals surface area contributed by atoms with Gasteiger partial charge in [0.1, 0.15) is 0 Å². The van der Waals surface area contributed by atoms with Crippen molar-refractivity contribution in [2.45, 2.75) is 162 Å². The minimum atomic E-state index is -3.87. The fourth-order valence-electron chi connectivity index (χ4n) is 4.64. The minimum Gasteiger partial charge on any atom is -0.303 e. The highest BCUT2D eigenvalue weighted by Gasteiger charge is 2.19. The van der Waals surface area contributed by atoms with Gasteiger partial charge in [0.05, 0.1) is 13.2 Å². The quantitative estimate of drug-likeness (QED) is 0.0735. The fraction of sp³-hybridized carbons (Fsp3) is 1.00. The van der Waals surface area contributed by atoms with E-state index in [4.69, 9.17) is 9.05 Å². The molecular weight excluding hydrogens is 469 g/mol. The molecule has 0 saturated carbocycles. The van der Waals surface area contributed by atoms with E-state index in [0.29, 0.717) is 13.2 Å². The summed E-state index contributed by atoms with van der Waals surface area (Å²) in [4.78, 5) is 12.5. The second-order valence-electron chi connectivity index (χ2n) is 10.7. The molecule has 36 heavy (non-hydrogen) atoms. The van der Waals surface area contributed by atoms with Crippen LogP contribution in [0, 0.1) is 0 Å². The first-order valence-corrected chi connectivity index (χ1v) is 17.4. The molecule has 6 heteroatoms. The highest BCUT2D eigenvalue weighted by molar-refractivity contribution is 7.47. The summed E-state index contributed by atoms with van der Waals surface area (Å²) in [7, 11) is -3.87. The van der Waals surface area contributed by atoms with E-state index in [1.165, 1.54) is 129 Å². The van der Waals surface area contributed by atoms with Crippen molar-refractivity contribution in [2.24, 2.45) is 0 Å². The van der Waals surface area contributed by atoms with E-state index >= 15 is 0 Å². The van der Waals surface area contributed by atoms with E-state index in [2.05, 4.69) is 25.7 Å². The minimum absolute atomic E-state index is 0.311. The molecule has 0 bridgehead atoms. The Kier molecular flexibility index (Phi) is 28.1. The van der Waals surface area contributed by atoms with Gasteiger partial charge in [-0.15, -0.1) is 0 Å². The molecular formula is C30H64NO4P. The third-order valence-corrected chi connectivity index (χ3v) is 8.05. The van der Waals surface area contributed by atoms with Crippen LogP contribution >= 0.6 is 7.82 Å². The highest BCUT2D eigenvalue weighted by atomic mass is 31.2. The lowest BCUT2D eigenvalue weighted by Crippen LogP contribution is -2.27. The predicted molar refractivity (Wildman–Crippen MR) is 157 cm³/mol. The van der Waals surface area contributed by atoms with Crippen LogP contribution in [0.4, 0.5) is 0 Å². The average Bonchev–Trinajstić information content (AvgIpc) is 2.86. The first-order chi connectivity index (χ1) is 17.6. The van der Waals surface area contributed by atoms with Gasteiger partial charge < -0.3 is 9.79 Å². The summed E-state index contributed by atoms with van der Waals surface area (Å²) < 4.78 is 22.2. The smallest absolute Gasteiger partial charge is 0.303 e. The Hall–Kier alpha value is 0.0700. The van der Waals surface area contributed by atoms with Gasteiger partial charge in [-0.05, 0) is 51.7 Å². The van der Waals surface area contributed by atoms with Gasteiger partial charge in [0.15, 0.2) is 0 Å². The molecule has 0 saturated heterocycles. The Morgan fingerprint density at radius 1 is 0.472 bits per heavy atom. The summed E-state index contributed by atoms with van der Waals surface area (Å²) in [6.07, 6.45) is 27.4. The number of nitrogens with zero attached hydrogens (tertiary/aromatic N) is 1. The van der Waals surface area contributed by atoms with E-state index in [1.54, 1.807) is 0 Å². The van der Waals surface area contributed by atoms with Crippen LogP contribution in [-0.4, -0.2) is 42.6 Å². The zero-order valence-electron chi connectivity index (χ0n) is 24.7. The number of hydrogen-bond acceptors (Lipinski definition) is 4. The van der Waals surface area contributed by atoms with Gasteiger partial charge in [0.2, 0.25) is 0 Å². The molecule has 0 amide bonds. The van der Waals surface area contributed by atoms with Crippen molar-refractivity contribution in [3.8, 4) is 0 Å². The molecule has 218 valence electrons. The normalized spacial score (nSPS) is 13.5. The monoisotopic (exact) mass is 533 g/mol. The fourth-order valence-corrected chi connectivity index (χ4v) is 5.43. The molecule has 0 aromatic carbocycles. The number of unbranched alkanes of at least 4 members (excludes halogenated alkanes) is 18. The van der Waals surface area contributed by atoms with Crippen LogP contribution in [0.1, 0.15) is 162 Å². The molecule has 0 aromatic heterocycles. The maximum atomic E-state index is 11.9.